The molecule has 2 saturated carbocycles. The second-order valence-corrected chi connectivity index (χ2v) is 31.3. The molecule has 18 nitrogen and oxygen atoms in total. The molecule has 582 valence electrons. The minimum absolute atomic E-state index is 0.0387. The summed E-state index contributed by atoms with van der Waals surface area (Å²) in [5.41, 5.74) is -7.53. The molecule has 4 aliphatic rings. The fraction of sp³-hybridized carbons (Fsp3) is 0.678. The predicted molar refractivity (Wildman–Crippen MR) is 406 cm³/mol. The van der Waals surface area contributed by atoms with E-state index in [0.717, 1.165) is 65.2 Å². The molecule has 3 aromatic rings. The number of unbranched alkanes of at least 4 members (excludes halogenated alkanes) is 30. The maximum atomic E-state index is 16.1. The Kier molecular flexibility index (Phi) is 35.2. The highest BCUT2D eigenvalue weighted by molar-refractivity contribution is 5.96. The molecule has 3 fully saturated rings. The van der Waals surface area contributed by atoms with Gasteiger partial charge in [-0.3, -0.25) is 28.8 Å². The Balaban J connectivity index is 1.14. The van der Waals surface area contributed by atoms with Crippen molar-refractivity contribution in [3.63, 3.8) is 0 Å². The number of aliphatic hydroxyl groups is 2. The van der Waals surface area contributed by atoms with Crippen LogP contribution in [0.5, 0.6) is 0 Å². The van der Waals surface area contributed by atoms with Crippen molar-refractivity contribution in [1.29, 1.82) is 0 Å². The number of esters is 5. The summed E-state index contributed by atoms with van der Waals surface area (Å²) in [6, 6.07) is 23.1. The van der Waals surface area contributed by atoms with Crippen LogP contribution < -0.4 is 5.32 Å². The number of ketones is 1. The molecule has 11 atom stereocenters. The summed E-state index contributed by atoms with van der Waals surface area (Å²) in [6.45, 7) is 13.6. The normalized spacial score (nSPS) is 23.6. The SMILES string of the molecule is CCCCCCCCCCCCCCCCCCN(CCCCCCCCCCCCCCCCCC)C(=O)CCC(=O)OC(C(=O)OC1CC2(O)C(OC(=O)c3ccccc3)C3C4(OC(C)=O)COC4CC(O)C3(C)C(=O)C(OC(C)=O)C(=C1C)C2(C)C)C(NC(=O)c1ccccc1)c1ccccc1. The lowest BCUT2D eigenvalue weighted by Gasteiger charge is -2.67. The van der Waals surface area contributed by atoms with Crippen molar-refractivity contribution in [3.8, 4) is 0 Å². The number of hydrogen-bond donors (Lipinski definition) is 3. The third-order valence-corrected chi connectivity index (χ3v) is 23.2. The minimum atomic E-state index is -2.50. The first-order valence-electron chi connectivity index (χ1n) is 40.5. The average Bonchev–Trinajstić information content (AvgIpc) is 0.669. The number of fused-ring (bicyclic) bond motifs is 5. The Bertz CT molecular complexity index is 3190. The zero-order valence-corrected chi connectivity index (χ0v) is 64.9. The molecule has 1 saturated heterocycles. The number of nitrogens with zero attached hydrogens (tertiary/aromatic N) is 1. The van der Waals surface area contributed by atoms with E-state index in [1.165, 1.54) is 173 Å². The van der Waals surface area contributed by atoms with Crippen molar-refractivity contribution in [2.75, 3.05) is 19.7 Å². The maximum absolute atomic E-state index is 16.1. The van der Waals surface area contributed by atoms with Crippen LogP contribution in [0.2, 0.25) is 0 Å². The highest BCUT2D eigenvalue weighted by Crippen LogP contribution is 2.64. The molecule has 0 spiro atoms. The highest BCUT2D eigenvalue weighted by Gasteiger charge is 2.78. The van der Waals surface area contributed by atoms with Crippen molar-refractivity contribution in [2.45, 2.75) is 340 Å². The van der Waals surface area contributed by atoms with E-state index < -0.39 is 125 Å². The van der Waals surface area contributed by atoms with Gasteiger partial charge in [0.2, 0.25) is 12.0 Å². The highest BCUT2D eigenvalue weighted by atomic mass is 16.6. The van der Waals surface area contributed by atoms with E-state index >= 15 is 9.59 Å². The van der Waals surface area contributed by atoms with Gasteiger partial charge in [0.05, 0.1) is 36.0 Å². The lowest BCUT2D eigenvalue weighted by molar-refractivity contribution is -0.346. The van der Waals surface area contributed by atoms with Crippen LogP contribution in [0, 0.1) is 16.7 Å². The maximum Gasteiger partial charge on any atom is 0.350 e. The van der Waals surface area contributed by atoms with E-state index in [1.807, 2.05) is 4.90 Å². The summed E-state index contributed by atoms with van der Waals surface area (Å²) < 4.78 is 37.8. The molecule has 7 rings (SSSR count). The fourth-order valence-corrected chi connectivity index (χ4v) is 16.9. The quantitative estimate of drug-likeness (QED) is 0.0206. The Hall–Kier alpha value is -6.76. The number of rotatable bonds is 48. The van der Waals surface area contributed by atoms with Crippen LogP contribution in [0.1, 0.15) is 319 Å². The number of ether oxygens (including phenoxy) is 6. The molecule has 1 aliphatic heterocycles. The summed E-state index contributed by atoms with van der Waals surface area (Å²) in [5, 5.41) is 29.6. The topological polar surface area (TPSA) is 248 Å². The summed E-state index contributed by atoms with van der Waals surface area (Å²) >= 11 is 0. The van der Waals surface area contributed by atoms with Gasteiger partial charge in [-0.25, -0.2) is 9.59 Å². The molecule has 105 heavy (non-hydrogen) atoms. The lowest BCUT2D eigenvalue weighted by Crippen LogP contribution is -2.82. The van der Waals surface area contributed by atoms with Crippen LogP contribution in [0.25, 0.3) is 0 Å². The van der Waals surface area contributed by atoms with Crippen molar-refractivity contribution in [2.24, 2.45) is 16.7 Å². The van der Waals surface area contributed by atoms with Gasteiger partial charge in [-0.15, -0.1) is 0 Å². The van der Waals surface area contributed by atoms with Crippen LogP contribution in [0.15, 0.2) is 102 Å². The van der Waals surface area contributed by atoms with Crippen molar-refractivity contribution < 1.29 is 77.0 Å². The van der Waals surface area contributed by atoms with E-state index in [-0.39, 0.29) is 47.6 Å². The molecule has 11 unspecified atom stereocenters. The van der Waals surface area contributed by atoms with E-state index in [1.54, 1.807) is 99.6 Å². The number of benzene rings is 3. The second-order valence-electron chi connectivity index (χ2n) is 31.3. The zero-order valence-electron chi connectivity index (χ0n) is 64.9. The first-order chi connectivity index (χ1) is 50.5. The average molecular weight is 1460 g/mol. The molecule has 1 heterocycles. The number of hydrogen-bond acceptors (Lipinski definition) is 16. The number of Topliss-reactive ketones (excluding diaryl/α,β-unsaturated/α-hetero) is 1. The van der Waals surface area contributed by atoms with Gasteiger partial charge in [0.15, 0.2) is 17.5 Å². The van der Waals surface area contributed by atoms with E-state index in [2.05, 4.69) is 19.2 Å². The smallest absolute Gasteiger partial charge is 0.350 e. The zero-order chi connectivity index (χ0) is 75.8. The second kappa shape index (κ2) is 43.3. The van der Waals surface area contributed by atoms with Gasteiger partial charge in [-0.1, -0.05) is 287 Å². The molecule has 0 radical (unpaired) electrons. The molecule has 3 aliphatic carbocycles. The van der Waals surface area contributed by atoms with Crippen molar-refractivity contribution in [3.05, 3.63) is 119 Å². The largest absolute Gasteiger partial charge is 0.455 e. The van der Waals surface area contributed by atoms with Gasteiger partial charge in [-0.05, 0) is 67.7 Å². The number of carbonyl (C=O) groups excluding carboxylic acids is 8. The summed E-state index contributed by atoms with van der Waals surface area (Å²) in [6.07, 6.45) is 27.7. The van der Waals surface area contributed by atoms with Gasteiger partial charge in [0.25, 0.3) is 5.91 Å². The molecular formula is C87H128N2O16. The molecule has 0 aromatic heterocycles. The van der Waals surface area contributed by atoms with E-state index in [0.29, 0.717) is 18.7 Å². The number of amides is 2. The minimum Gasteiger partial charge on any atom is -0.455 e. The Morgan fingerprint density at radius 1 is 0.581 bits per heavy atom. The molecule has 2 bridgehead atoms. The molecule has 18 heteroatoms. The van der Waals surface area contributed by atoms with E-state index in [4.69, 9.17) is 28.4 Å². The van der Waals surface area contributed by atoms with Crippen LogP contribution in [0.4, 0.5) is 0 Å². The van der Waals surface area contributed by atoms with Crippen LogP contribution in [-0.2, 0) is 57.2 Å². The number of nitrogens with one attached hydrogen (secondary N) is 1. The molecular weight excluding hydrogens is 1330 g/mol. The number of aliphatic hydroxyl groups excluding tert-OH is 1. The van der Waals surface area contributed by atoms with Crippen LogP contribution in [0.3, 0.4) is 0 Å². The third-order valence-electron chi connectivity index (χ3n) is 23.2. The van der Waals surface area contributed by atoms with Crippen LogP contribution in [-0.4, -0.2) is 130 Å². The summed E-state index contributed by atoms with van der Waals surface area (Å²) in [5.74, 6) is -8.20. The first-order valence-corrected chi connectivity index (χ1v) is 40.5. The lowest BCUT2D eigenvalue weighted by atomic mass is 9.44. The van der Waals surface area contributed by atoms with E-state index in [9.17, 15) is 39.0 Å². The summed E-state index contributed by atoms with van der Waals surface area (Å²) in [4.78, 5) is 119. The Morgan fingerprint density at radius 2 is 1.03 bits per heavy atom. The van der Waals surface area contributed by atoms with Gasteiger partial charge < -0.3 is 48.9 Å². The molecule has 2 amide bonds. The van der Waals surface area contributed by atoms with Gasteiger partial charge in [0.1, 0.15) is 30.0 Å². The number of carbonyl (C=O) groups is 8. The van der Waals surface area contributed by atoms with Gasteiger partial charge >= 0.3 is 29.8 Å². The van der Waals surface area contributed by atoms with Crippen molar-refractivity contribution in [1.82, 2.24) is 10.2 Å². The van der Waals surface area contributed by atoms with Gasteiger partial charge in [-0.2, -0.15) is 0 Å². The first kappa shape index (κ1) is 85.5. The third kappa shape index (κ3) is 23.6. The van der Waals surface area contributed by atoms with Crippen LogP contribution >= 0.6 is 0 Å². The monoisotopic (exact) mass is 1460 g/mol. The molecule has 3 N–H and O–H groups in total. The Morgan fingerprint density at radius 3 is 1.47 bits per heavy atom. The Labute approximate surface area is 627 Å². The van der Waals surface area contributed by atoms with Crippen molar-refractivity contribution >= 4 is 47.4 Å². The van der Waals surface area contributed by atoms with Gasteiger partial charge in [0, 0.05) is 57.2 Å². The summed E-state index contributed by atoms with van der Waals surface area (Å²) in [7, 11) is 0. The fourth-order valence-electron chi connectivity index (χ4n) is 16.9. The predicted octanol–water partition coefficient (Wildman–Crippen LogP) is 17.4. The molecule has 3 aromatic carbocycles. The standard InChI is InChI=1S/C87H128N2O16/c1-9-11-13-15-17-19-21-23-25-27-29-31-33-35-37-48-58-89(59-49-38-36-34-32-30-28-26-24-22-20-18-16-14-12-10-2)72(93)56-57-73(94)103-77(75(66-50-42-39-43-51-66)88-81(96)67-52-44-40-45-53-67)83(98)102-69-61-87(99)80(104-82(97)68-54-46-41-47-55-68)78-85(8,70(92)60-71-86(78,62-100-71)105-65(5)91)79(95)76(101-64(4)90)74(63(69)3)84(87,6)7/h39-47,50-55,69-71,75-78,80,92,99H,9-38,48-49,56-62H2,1-8H3,(H,88,96).